The molecule has 2 heterocycles. The Morgan fingerprint density at radius 2 is 2.15 bits per heavy atom. The molecule has 0 fully saturated rings. The summed E-state index contributed by atoms with van der Waals surface area (Å²) in [6, 6.07) is 8.36. The lowest BCUT2D eigenvalue weighted by atomic mass is 10.3. The van der Waals surface area contributed by atoms with E-state index in [1.54, 1.807) is 44.2 Å². The van der Waals surface area contributed by atoms with Crippen LogP contribution in [0.1, 0.15) is 18.5 Å². The molecule has 1 N–H and O–H groups in total. The van der Waals surface area contributed by atoms with Gasteiger partial charge in [-0.3, -0.25) is 10.2 Å². The molecule has 9 nitrogen and oxygen atoms in total. The van der Waals surface area contributed by atoms with Crippen molar-refractivity contribution < 1.29 is 14.2 Å². The lowest BCUT2D eigenvalue weighted by Crippen LogP contribution is -2.12. The van der Waals surface area contributed by atoms with E-state index in [1.807, 2.05) is 0 Å². The predicted molar refractivity (Wildman–Crippen MR) is 94.5 cm³/mol. The van der Waals surface area contributed by atoms with Crippen LogP contribution in [0.25, 0.3) is 5.82 Å². The molecule has 2 aromatic heterocycles. The van der Waals surface area contributed by atoms with Crippen molar-refractivity contribution in [2.75, 3.05) is 5.32 Å². The number of carbonyl (C=O) groups excluding carboxylic acids is 1. The molecule has 1 amide bonds. The molecule has 26 heavy (non-hydrogen) atoms. The van der Waals surface area contributed by atoms with E-state index < -0.39 is 6.09 Å². The first-order chi connectivity index (χ1) is 12.5. The van der Waals surface area contributed by atoms with Crippen LogP contribution in [0.4, 0.5) is 10.5 Å². The second kappa shape index (κ2) is 7.79. The van der Waals surface area contributed by atoms with Gasteiger partial charge in [0, 0.05) is 16.8 Å². The molecule has 3 rings (SSSR count). The molecule has 0 aliphatic heterocycles. The molecule has 3 aromatic rings. The third-order valence-corrected chi connectivity index (χ3v) is 3.43. The van der Waals surface area contributed by atoms with Gasteiger partial charge in [0.1, 0.15) is 12.1 Å². The van der Waals surface area contributed by atoms with Gasteiger partial charge in [0.15, 0.2) is 11.6 Å². The van der Waals surface area contributed by atoms with Crippen LogP contribution in [0.15, 0.2) is 46.3 Å². The van der Waals surface area contributed by atoms with Crippen molar-refractivity contribution >= 4 is 29.1 Å². The topological polar surface area (TPSA) is 107 Å². The van der Waals surface area contributed by atoms with E-state index in [0.717, 1.165) is 0 Å². The van der Waals surface area contributed by atoms with E-state index in [-0.39, 0.29) is 0 Å². The van der Waals surface area contributed by atoms with Gasteiger partial charge in [-0.1, -0.05) is 21.9 Å². The van der Waals surface area contributed by atoms with Crippen LogP contribution in [0, 0.1) is 6.92 Å². The Bertz CT molecular complexity index is 932. The predicted octanol–water partition coefficient (Wildman–Crippen LogP) is 3.38. The number of carbonyl (C=O) groups is 1. The van der Waals surface area contributed by atoms with Gasteiger partial charge < -0.3 is 4.52 Å². The van der Waals surface area contributed by atoms with Gasteiger partial charge in [0.25, 0.3) is 0 Å². The monoisotopic (exact) mass is 374 g/mol. The summed E-state index contributed by atoms with van der Waals surface area (Å²) in [6.07, 6.45) is 1.13. The number of oxime groups is 1. The van der Waals surface area contributed by atoms with Gasteiger partial charge in [-0.25, -0.2) is 9.78 Å². The number of halogens is 1. The lowest BCUT2D eigenvalue weighted by molar-refractivity contribution is 0.166. The molecule has 0 saturated carbocycles. The number of rotatable bonds is 5. The maximum Gasteiger partial charge on any atom is 0.437 e. The Morgan fingerprint density at radius 3 is 2.85 bits per heavy atom. The van der Waals surface area contributed by atoms with E-state index in [9.17, 15) is 4.79 Å². The number of nitrogens with zero attached hydrogens (tertiary/aromatic N) is 5. The Labute approximate surface area is 153 Å². The first kappa shape index (κ1) is 17.6. The van der Waals surface area contributed by atoms with Crippen molar-refractivity contribution in [3.05, 3.63) is 53.3 Å². The number of anilines is 1. The van der Waals surface area contributed by atoms with Crippen molar-refractivity contribution in [2.24, 2.45) is 5.16 Å². The highest BCUT2D eigenvalue weighted by atomic mass is 35.5. The Morgan fingerprint density at radius 1 is 1.38 bits per heavy atom. The summed E-state index contributed by atoms with van der Waals surface area (Å²) in [5.41, 5.74) is 1.08. The Kier molecular flexibility index (Phi) is 5.28. The molecular formula is C16H15ClN6O3. The summed E-state index contributed by atoms with van der Waals surface area (Å²) in [5, 5.41) is 15.0. The van der Waals surface area contributed by atoms with Crippen molar-refractivity contribution in [1.29, 1.82) is 0 Å². The molecule has 0 unspecified atom stereocenters. The molecule has 0 aliphatic rings. The van der Waals surface area contributed by atoms with Crippen molar-refractivity contribution in [2.45, 2.75) is 20.3 Å². The molecule has 0 atom stereocenters. The van der Waals surface area contributed by atoms with Crippen LogP contribution < -0.4 is 5.32 Å². The number of aryl methyl sites for hydroxylation is 1. The minimum absolute atomic E-state index is 0.318. The van der Waals surface area contributed by atoms with Crippen molar-refractivity contribution in [3.63, 3.8) is 0 Å². The number of benzene rings is 1. The van der Waals surface area contributed by atoms with Crippen LogP contribution >= 0.6 is 11.6 Å². The highest BCUT2D eigenvalue weighted by Crippen LogP contribution is 2.13. The molecule has 1 aromatic carbocycles. The molecule has 0 bridgehead atoms. The minimum atomic E-state index is -0.705. The maximum atomic E-state index is 11.7. The molecular weight excluding hydrogens is 360 g/mol. The smallest absolute Gasteiger partial charge is 0.359 e. The normalized spacial score (nSPS) is 11.4. The van der Waals surface area contributed by atoms with Gasteiger partial charge in [-0.15, -0.1) is 5.10 Å². The Balaban J connectivity index is 1.54. The first-order valence-corrected chi connectivity index (χ1v) is 7.98. The Hall–Kier alpha value is -3.20. The highest BCUT2D eigenvalue weighted by Gasteiger charge is 2.09. The number of hydrogen-bond acceptors (Lipinski definition) is 7. The third kappa shape index (κ3) is 4.67. The first-order valence-electron chi connectivity index (χ1n) is 7.61. The van der Waals surface area contributed by atoms with Gasteiger partial charge >= 0.3 is 6.09 Å². The van der Waals surface area contributed by atoms with E-state index in [4.69, 9.17) is 21.0 Å². The molecule has 0 spiro atoms. The average molecular weight is 375 g/mol. The fraction of sp³-hybridized carbons (Fsp3) is 0.188. The third-order valence-electron chi connectivity index (χ3n) is 3.18. The van der Waals surface area contributed by atoms with Gasteiger partial charge in [0.2, 0.25) is 0 Å². The molecule has 0 radical (unpaired) electrons. The second-order valence-corrected chi connectivity index (χ2v) is 5.85. The number of aromatic nitrogens is 4. The molecule has 0 saturated heterocycles. The fourth-order valence-electron chi connectivity index (χ4n) is 2.00. The summed E-state index contributed by atoms with van der Waals surface area (Å²) in [6.45, 7) is 3.49. The summed E-state index contributed by atoms with van der Waals surface area (Å²) < 4.78 is 6.49. The van der Waals surface area contributed by atoms with Crippen LogP contribution in [-0.4, -0.2) is 31.7 Å². The fourth-order valence-corrected chi connectivity index (χ4v) is 2.13. The quantitative estimate of drug-likeness (QED) is 0.416. The van der Waals surface area contributed by atoms with Crippen molar-refractivity contribution in [1.82, 2.24) is 19.9 Å². The zero-order valence-electron chi connectivity index (χ0n) is 14.0. The lowest BCUT2D eigenvalue weighted by Gasteiger charge is -2.03. The van der Waals surface area contributed by atoms with E-state index in [2.05, 4.69) is 25.7 Å². The number of nitrogens with one attached hydrogen (secondary N) is 1. The molecule has 10 heteroatoms. The van der Waals surface area contributed by atoms with Crippen LogP contribution in [0.5, 0.6) is 0 Å². The number of amides is 1. The molecule has 0 aliphatic carbocycles. The van der Waals surface area contributed by atoms with Gasteiger partial charge in [-0.05, 0) is 38.1 Å². The highest BCUT2D eigenvalue weighted by molar-refractivity contribution is 6.30. The zero-order valence-corrected chi connectivity index (χ0v) is 14.8. The van der Waals surface area contributed by atoms with Gasteiger partial charge in [-0.2, -0.15) is 4.68 Å². The maximum absolute atomic E-state index is 11.7. The van der Waals surface area contributed by atoms with Crippen LogP contribution in [0.3, 0.4) is 0 Å². The SMILES string of the molecule is C/C(Cc1ncn(-c2cc(C)on2)n1)=N/OC(=O)Nc1ccc(Cl)cc1. The standard InChI is InChI=1S/C16H15ClN6O3/c1-10(21-26-16(24)19-13-5-3-12(17)4-6-13)7-14-18-9-23(20-14)15-8-11(2)25-22-15/h3-6,8-9H,7H2,1-2H3,(H,19,24)/b21-10-. The van der Waals surface area contributed by atoms with E-state index in [1.165, 1.54) is 11.0 Å². The van der Waals surface area contributed by atoms with Gasteiger partial charge in [0.05, 0.1) is 12.1 Å². The largest absolute Gasteiger partial charge is 0.437 e. The van der Waals surface area contributed by atoms with Crippen molar-refractivity contribution in [3.8, 4) is 5.82 Å². The van der Waals surface area contributed by atoms with E-state index in [0.29, 0.717) is 40.2 Å². The summed E-state index contributed by atoms with van der Waals surface area (Å²) in [7, 11) is 0. The number of hydrogen-bond donors (Lipinski definition) is 1. The summed E-state index contributed by atoms with van der Waals surface area (Å²) >= 11 is 5.78. The zero-order chi connectivity index (χ0) is 18.5. The molecule has 134 valence electrons. The van der Waals surface area contributed by atoms with Crippen LogP contribution in [0.2, 0.25) is 5.02 Å². The summed E-state index contributed by atoms with van der Waals surface area (Å²) in [4.78, 5) is 20.7. The summed E-state index contributed by atoms with van der Waals surface area (Å²) in [5.74, 6) is 1.72. The average Bonchev–Trinajstić information content (AvgIpc) is 3.24. The van der Waals surface area contributed by atoms with Crippen LogP contribution in [-0.2, 0) is 11.3 Å². The second-order valence-electron chi connectivity index (χ2n) is 5.42. The van der Waals surface area contributed by atoms with E-state index >= 15 is 0 Å². The minimum Gasteiger partial charge on any atom is -0.359 e.